The van der Waals surface area contributed by atoms with Crippen LogP contribution in [0.2, 0.25) is 0 Å². The quantitative estimate of drug-likeness (QED) is 0.196. The average molecular weight is 592 g/mol. The molecule has 2 aliphatic rings. The Hall–Kier alpha value is -4.02. The Bertz CT molecular complexity index is 1350. The Labute approximate surface area is 252 Å². The van der Waals surface area contributed by atoms with Gasteiger partial charge in [-0.1, -0.05) is 49.4 Å². The highest BCUT2D eigenvalue weighted by Gasteiger charge is 2.52. The molecular formula is C33H41N3O7. The van der Waals surface area contributed by atoms with E-state index in [1.54, 1.807) is 52.0 Å². The molecule has 230 valence electrons. The zero-order valence-electron chi connectivity index (χ0n) is 24.9. The second-order valence-electron chi connectivity index (χ2n) is 11.1. The van der Waals surface area contributed by atoms with Crippen molar-refractivity contribution in [2.45, 2.75) is 57.6 Å². The van der Waals surface area contributed by atoms with Gasteiger partial charge < -0.3 is 29.6 Å². The summed E-state index contributed by atoms with van der Waals surface area (Å²) in [6.07, 6.45) is 5.85. The van der Waals surface area contributed by atoms with Gasteiger partial charge >= 0.3 is 5.97 Å². The summed E-state index contributed by atoms with van der Waals surface area (Å²) in [5, 5.41) is 21.6. The molecule has 10 heteroatoms. The van der Waals surface area contributed by atoms with Gasteiger partial charge in [-0.25, -0.2) is 0 Å². The van der Waals surface area contributed by atoms with Crippen LogP contribution < -0.4 is 9.80 Å². The van der Waals surface area contributed by atoms with Crippen LogP contribution in [0, 0.1) is 5.92 Å². The van der Waals surface area contributed by atoms with Crippen molar-refractivity contribution in [3.8, 4) is 0 Å². The van der Waals surface area contributed by atoms with Crippen molar-refractivity contribution in [1.82, 2.24) is 4.90 Å². The summed E-state index contributed by atoms with van der Waals surface area (Å²) >= 11 is 0. The van der Waals surface area contributed by atoms with Crippen molar-refractivity contribution in [3.05, 3.63) is 71.8 Å². The van der Waals surface area contributed by atoms with Crippen LogP contribution in [0.15, 0.2) is 60.7 Å². The number of carbonyl (C=O) groups is 4. The molecule has 10 nitrogen and oxygen atoms in total. The van der Waals surface area contributed by atoms with Crippen LogP contribution in [0.4, 0.5) is 11.4 Å². The summed E-state index contributed by atoms with van der Waals surface area (Å²) in [5.41, 5.74) is 0.645. The van der Waals surface area contributed by atoms with Crippen LogP contribution in [0.25, 0.3) is 0 Å². The third-order valence-electron chi connectivity index (χ3n) is 8.19. The number of nitrogens with zero attached hydrogens (tertiary/aromatic N) is 3. The first-order valence-corrected chi connectivity index (χ1v) is 14.9. The Morgan fingerprint density at radius 2 is 1.91 bits per heavy atom. The molecule has 3 amide bonds. The predicted octanol–water partition coefficient (Wildman–Crippen LogP) is 3.29. The number of unbranched alkanes of at least 4 members (excludes halogenated alkanes) is 1. The molecule has 2 atom stereocenters. The van der Waals surface area contributed by atoms with Crippen LogP contribution in [0.3, 0.4) is 0 Å². The number of ether oxygens (including phenoxy) is 1. The number of benzene rings is 2. The lowest BCUT2D eigenvalue weighted by molar-refractivity contribution is -0.140. The lowest BCUT2D eigenvalue weighted by atomic mass is 9.82. The van der Waals surface area contributed by atoms with E-state index in [1.165, 1.54) is 7.11 Å². The van der Waals surface area contributed by atoms with Crippen LogP contribution in [-0.4, -0.2) is 72.2 Å². The zero-order chi connectivity index (χ0) is 31.0. The Balaban J connectivity index is 1.54. The number of hydrogen-bond donors (Lipinski definition) is 2. The Kier molecular flexibility index (Phi) is 10.7. The molecule has 0 unspecified atom stereocenters. The van der Waals surface area contributed by atoms with E-state index in [9.17, 15) is 29.4 Å². The molecule has 0 aromatic heterocycles. The van der Waals surface area contributed by atoms with Gasteiger partial charge in [-0.05, 0) is 43.0 Å². The molecule has 4 rings (SSSR count). The van der Waals surface area contributed by atoms with Crippen LogP contribution in [0.1, 0.15) is 56.6 Å². The number of aliphatic hydroxyl groups is 2. The molecule has 0 radical (unpaired) electrons. The largest absolute Gasteiger partial charge is 0.469 e. The van der Waals surface area contributed by atoms with Gasteiger partial charge in [0.15, 0.2) is 5.60 Å². The van der Waals surface area contributed by atoms with Crippen molar-refractivity contribution in [2.75, 3.05) is 43.2 Å². The molecule has 2 aromatic carbocycles. The molecule has 0 spiro atoms. The average Bonchev–Trinajstić information content (AvgIpc) is 3.54. The number of esters is 1. The van der Waals surface area contributed by atoms with E-state index in [0.717, 1.165) is 12.0 Å². The number of carbonyl (C=O) groups excluding carboxylic acids is 4. The predicted molar refractivity (Wildman–Crippen MR) is 162 cm³/mol. The maximum absolute atomic E-state index is 13.9. The first-order valence-electron chi connectivity index (χ1n) is 14.9. The van der Waals surface area contributed by atoms with Gasteiger partial charge in [0.2, 0.25) is 11.8 Å². The van der Waals surface area contributed by atoms with Crippen molar-refractivity contribution in [2.24, 2.45) is 5.92 Å². The summed E-state index contributed by atoms with van der Waals surface area (Å²) in [6, 6.07) is 14.8. The van der Waals surface area contributed by atoms with Crippen LogP contribution in [-0.2, 0) is 36.1 Å². The third kappa shape index (κ3) is 7.14. The number of anilines is 2. The van der Waals surface area contributed by atoms with Gasteiger partial charge in [-0.15, -0.1) is 0 Å². The molecule has 0 bridgehead atoms. The molecule has 2 heterocycles. The molecular weight excluding hydrogens is 550 g/mol. The Morgan fingerprint density at radius 3 is 2.58 bits per heavy atom. The van der Waals surface area contributed by atoms with Crippen LogP contribution in [0.5, 0.6) is 0 Å². The molecule has 1 saturated heterocycles. The minimum absolute atomic E-state index is 0.00173. The maximum atomic E-state index is 13.9. The molecule has 0 aliphatic carbocycles. The normalized spacial score (nSPS) is 18.8. The second kappa shape index (κ2) is 14.4. The molecule has 2 aliphatic heterocycles. The lowest BCUT2D eigenvalue weighted by Gasteiger charge is -2.28. The van der Waals surface area contributed by atoms with E-state index < -0.39 is 17.4 Å². The lowest BCUT2D eigenvalue weighted by Crippen LogP contribution is -2.44. The highest BCUT2D eigenvalue weighted by Crippen LogP contribution is 2.47. The van der Waals surface area contributed by atoms with Crippen molar-refractivity contribution >= 4 is 35.1 Å². The molecule has 2 N–H and O–H groups in total. The first kappa shape index (κ1) is 31.9. The van der Waals surface area contributed by atoms with Gasteiger partial charge in [0.25, 0.3) is 5.91 Å². The van der Waals surface area contributed by atoms with Crippen molar-refractivity contribution in [1.29, 1.82) is 0 Å². The van der Waals surface area contributed by atoms with Gasteiger partial charge in [0, 0.05) is 62.6 Å². The summed E-state index contributed by atoms with van der Waals surface area (Å²) in [4.78, 5) is 55.7. The maximum Gasteiger partial charge on any atom is 0.305 e. The molecule has 1 fully saturated rings. The van der Waals surface area contributed by atoms with E-state index in [4.69, 9.17) is 4.74 Å². The van der Waals surface area contributed by atoms with E-state index >= 15 is 0 Å². The van der Waals surface area contributed by atoms with Gasteiger partial charge in [-0.3, -0.25) is 19.2 Å². The van der Waals surface area contributed by atoms with Crippen LogP contribution >= 0.6 is 0 Å². The molecule has 0 saturated carbocycles. The highest BCUT2D eigenvalue weighted by atomic mass is 16.5. The van der Waals surface area contributed by atoms with Gasteiger partial charge in [0.1, 0.15) is 0 Å². The number of aliphatic hydroxyl groups excluding tert-OH is 1. The molecule has 2 aromatic rings. The zero-order valence-corrected chi connectivity index (χ0v) is 24.9. The van der Waals surface area contributed by atoms with Gasteiger partial charge in [-0.2, -0.15) is 0 Å². The fourth-order valence-electron chi connectivity index (χ4n) is 5.75. The number of methoxy groups -OCH3 is 1. The van der Waals surface area contributed by atoms with E-state index in [0.29, 0.717) is 55.8 Å². The second-order valence-corrected chi connectivity index (χ2v) is 11.1. The van der Waals surface area contributed by atoms with Crippen molar-refractivity contribution < 1.29 is 34.1 Å². The number of fused-ring (bicyclic) bond motifs is 1. The topological polar surface area (TPSA) is 128 Å². The summed E-state index contributed by atoms with van der Waals surface area (Å²) in [5.74, 6) is -1.69. The first-order chi connectivity index (χ1) is 20.7. The van der Waals surface area contributed by atoms with Crippen molar-refractivity contribution in [3.63, 3.8) is 0 Å². The number of amides is 3. The fourth-order valence-corrected chi connectivity index (χ4v) is 5.75. The monoisotopic (exact) mass is 591 g/mol. The van der Waals surface area contributed by atoms with E-state index in [-0.39, 0.29) is 43.8 Å². The SMILES string of the molecule is COC(=O)CCCCN1C(=O)[C@](O)([C@H](C)/C=C/CC(=O)N(CCO)Cc2ccccc2)c2cc(N3CCCC3=O)ccc21. The fraction of sp³-hybridized carbons (Fsp3) is 0.455. The van der Waals surface area contributed by atoms with E-state index in [1.807, 2.05) is 30.3 Å². The minimum atomic E-state index is -1.91. The summed E-state index contributed by atoms with van der Waals surface area (Å²) < 4.78 is 4.71. The summed E-state index contributed by atoms with van der Waals surface area (Å²) in [7, 11) is 1.33. The summed E-state index contributed by atoms with van der Waals surface area (Å²) in [6.45, 7) is 3.00. The minimum Gasteiger partial charge on any atom is -0.469 e. The molecule has 43 heavy (non-hydrogen) atoms. The highest BCUT2D eigenvalue weighted by molar-refractivity contribution is 6.08. The Morgan fingerprint density at radius 1 is 1.14 bits per heavy atom. The smallest absolute Gasteiger partial charge is 0.305 e. The number of hydrogen-bond acceptors (Lipinski definition) is 7. The van der Waals surface area contributed by atoms with Gasteiger partial charge in [0.05, 0.1) is 19.4 Å². The van der Waals surface area contributed by atoms with E-state index in [2.05, 4.69) is 0 Å². The number of rotatable bonds is 14. The third-order valence-corrected chi connectivity index (χ3v) is 8.19. The standard InChI is InChI=1S/C33H41N3O7/c1-24(10-8-13-29(38)34(20-21-37)23-25-11-4-3-5-12-25)33(42)27-22-26(35-19-9-14-30(35)39)16-17-28(27)36(32(33)41)18-7-6-15-31(40)43-2/h3-5,8,10-12,16-17,22,24,37,42H,6-7,9,13-15,18-21,23H2,1-2H3/b10-8+/t24-,33+/m1/s1.